The summed E-state index contributed by atoms with van der Waals surface area (Å²) in [6.45, 7) is 0.298. The van der Waals surface area contributed by atoms with Crippen LogP contribution in [0.15, 0.2) is 30.3 Å². The van der Waals surface area contributed by atoms with Crippen molar-refractivity contribution in [1.82, 2.24) is 0 Å². The molecule has 1 radical (unpaired) electrons. The van der Waals surface area contributed by atoms with Crippen LogP contribution in [0, 0.1) is 6.42 Å². The van der Waals surface area contributed by atoms with E-state index in [9.17, 15) is 0 Å². The molecule has 2 nitrogen and oxygen atoms in total. The maximum Gasteiger partial charge on any atom is 0.0697 e. The number of nitrogens with two attached hydrogens (primary N) is 1. The zero-order valence-corrected chi connectivity index (χ0v) is 6.98. The highest BCUT2D eigenvalue weighted by molar-refractivity contribution is 5.16. The summed E-state index contributed by atoms with van der Waals surface area (Å²) in [7, 11) is 0. The second kappa shape index (κ2) is 4.91. The summed E-state index contributed by atoms with van der Waals surface area (Å²) in [5.41, 5.74) is 6.45. The van der Waals surface area contributed by atoms with Gasteiger partial charge in [-0.1, -0.05) is 30.3 Å². The molecule has 0 aliphatic rings. The van der Waals surface area contributed by atoms with Gasteiger partial charge < -0.3 is 10.8 Å². The first-order valence-corrected chi connectivity index (χ1v) is 4.08. The van der Waals surface area contributed by atoms with Gasteiger partial charge in [-0.05, 0) is 18.4 Å². The van der Waals surface area contributed by atoms with Crippen LogP contribution in [-0.4, -0.2) is 17.8 Å². The maximum absolute atomic E-state index is 9.14. The largest absolute Gasteiger partial charge is 0.391 e. The topological polar surface area (TPSA) is 46.2 Å². The minimum Gasteiger partial charge on any atom is -0.391 e. The fourth-order valence-electron chi connectivity index (χ4n) is 0.982. The molecule has 0 saturated heterocycles. The normalized spacial score (nSPS) is 12.8. The lowest BCUT2D eigenvalue weighted by Crippen LogP contribution is -2.20. The molecule has 65 valence electrons. The predicted octanol–water partition coefficient (Wildman–Crippen LogP) is 0.753. The van der Waals surface area contributed by atoms with Crippen molar-refractivity contribution in [2.24, 2.45) is 5.73 Å². The van der Waals surface area contributed by atoms with Gasteiger partial charge in [-0.15, -0.1) is 0 Å². The van der Waals surface area contributed by atoms with E-state index in [1.54, 1.807) is 0 Å². The lowest BCUT2D eigenvalue weighted by atomic mass is 10.1. The van der Waals surface area contributed by atoms with Crippen LogP contribution in [0.5, 0.6) is 0 Å². The Labute approximate surface area is 73.0 Å². The highest BCUT2D eigenvalue weighted by atomic mass is 16.3. The van der Waals surface area contributed by atoms with Crippen LogP contribution in [0.4, 0.5) is 0 Å². The molecule has 12 heavy (non-hydrogen) atoms. The van der Waals surface area contributed by atoms with Gasteiger partial charge in [0.2, 0.25) is 0 Å². The van der Waals surface area contributed by atoms with Gasteiger partial charge >= 0.3 is 0 Å². The summed E-state index contributed by atoms with van der Waals surface area (Å²) in [6, 6.07) is 10.00. The average Bonchev–Trinajstić information content (AvgIpc) is 2.16. The van der Waals surface area contributed by atoms with Crippen molar-refractivity contribution in [2.75, 3.05) is 6.54 Å². The van der Waals surface area contributed by atoms with E-state index in [2.05, 4.69) is 0 Å². The Kier molecular flexibility index (Phi) is 3.77. The zero-order chi connectivity index (χ0) is 8.81. The van der Waals surface area contributed by atoms with Gasteiger partial charge in [0.25, 0.3) is 0 Å². The molecule has 1 atom stereocenters. The molecule has 0 spiro atoms. The van der Waals surface area contributed by atoms with Crippen LogP contribution in [0.1, 0.15) is 5.56 Å². The zero-order valence-electron chi connectivity index (χ0n) is 6.98. The van der Waals surface area contributed by atoms with Crippen LogP contribution in [0.25, 0.3) is 0 Å². The van der Waals surface area contributed by atoms with Crippen molar-refractivity contribution in [3.8, 4) is 0 Å². The first kappa shape index (κ1) is 9.23. The van der Waals surface area contributed by atoms with Crippen molar-refractivity contribution in [2.45, 2.75) is 12.5 Å². The minimum absolute atomic E-state index is 0.298. The van der Waals surface area contributed by atoms with Crippen LogP contribution >= 0.6 is 0 Å². The molecule has 3 N–H and O–H groups in total. The highest BCUT2D eigenvalue weighted by Gasteiger charge is 2.00. The molecule has 0 aromatic heterocycles. The molecule has 0 heterocycles. The molecule has 0 fully saturated rings. The van der Waals surface area contributed by atoms with Gasteiger partial charge in [0.15, 0.2) is 0 Å². The van der Waals surface area contributed by atoms with E-state index in [1.807, 2.05) is 36.8 Å². The van der Waals surface area contributed by atoms with E-state index in [4.69, 9.17) is 10.8 Å². The van der Waals surface area contributed by atoms with Crippen molar-refractivity contribution < 1.29 is 5.11 Å². The summed E-state index contributed by atoms with van der Waals surface area (Å²) in [5, 5.41) is 9.14. The number of hydrogen-bond acceptors (Lipinski definition) is 2. The van der Waals surface area contributed by atoms with Crippen LogP contribution in [-0.2, 0) is 6.42 Å². The Morgan fingerprint density at radius 3 is 2.58 bits per heavy atom. The highest BCUT2D eigenvalue weighted by Crippen LogP contribution is 2.02. The molecule has 0 amide bonds. The molecule has 0 saturated carbocycles. The average molecular weight is 164 g/mol. The Balaban J connectivity index is 2.33. The van der Waals surface area contributed by atoms with Crippen molar-refractivity contribution in [1.29, 1.82) is 0 Å². The maximum atomic E-state index is 9.14. The fourth-order valence-corrected chi connectivity index (χ4v) is 0.982. The number of aliphatic hydroxyl groups is 1. The third-order valence-electron chi connectivity index (χ3n) is 1.71. The number of benzene rings is 1. The van der Waals surface area contributed by atoms with Gasteiger partial charge in [0, 0.05) is 6.54 Å². The third-order valence-corrected chi connectivity index (χ3v) is 1.71. The Bertz CT molecular complexity index is 210. The molecular weight excluding hydrogens is 150 g/mol. The second-order valence-corrected chi connectivity index (χ2v) is 2.73. The molecule has 2 heteroatoms. The number of hydrogen-bond donors (Lipinski definition) is 2. The molecule has 1 aromatic rings. The van der Waals surface area contributed by atoms with E-state index in [0.29, 0.717) is 6.54 Å². The summed E-state index contributed by atoms with van der Waals surface area (Å²) < 4.78 is 0. The van der Waals surface area contributed by atoms with Gasteiger partial charge in [-0.3, -0.25) is 0 Å². The van der Waals surface area contributed by atoms with E-state index < -0.39 is 6.10 Å². The summed E-state index contributed by atoms with van der Waals surface area (Å²) in [5.74, 6) is 0. The van der Waals surface area contributed by atoms with Crippen LogP contribution < -0.4 is 5.73 Å². The van der Waals surface area contributed by atoms with Crippen molar-refractivity contribution in [3.63, 3.8) is 0 Å². The number of aliphatic hydroxyl groups excluding tert-OH is 1. The minimum atomic E-state index is -0.481. The summed E-state index contributed by atoms with van der Waals surface area (Å²) >= 11 is 0. The van der Waals surface area contributed by atoms with E-state index in [1.165, 1.54) is 5.56 Å². The van der Waals surface area contributed by atoms with Gasteiger partial charge in [-0.2, -0.15) is 0 Å². The molecule has 1 aromatic carbocycles. The molecular formula is C10H14NO. The van der Waals surface area contributed by atoms with Crippen LogP contribution in [0.2, 0.25) is 0 Å². The summed E-state index contributed by atoms with van der Waals surface area (Å²) in [4.78, 5) is 0. The van der Waals surface area contributed by atoms with Gasteiger partial charge in [-0.25, -0.2) is 0 Å². The van der Waals surface area contributed by atoms with E-state index in [0.717, 1.165) is 6.42 Å². The number of rotatable bonds is 4. The third kappa shape index (κ3) is 3.03. The van der Waals surface area contributed by atoms with E-state index in [-0.39, 0.29) is 0 Å². The molecule has 1 unspecified atom stereocenters. The first-order chi connectivity index (χ1) is 5.83. The Hall–Kier alpha value is -0.860. The Morgan fingerprint density at radius 2 is 2.00 bits per heavy atom. The lowest BCUT2D eigenvalue weighted by molar-refractivity contribution is 0.212. The lowest BCUT2D eigenvalue weighted by Gasteiger charge is -2.05. The molecule has 0 bridgehead atoms. The monoisotopic (exact) mass is 164 g/mol. The van der Waals surface area contributed by atoms with E-state index >= 15 is 0 Å². The molecule has 0 aliphatic heterocycles. The van der Waals surface area contributed by atoms with Crippen molar-refractivity contribution >= 4 is 0 Å². The second-order valence-electron chi connectivity index (χ2n) is 2.73. The molecule has 1 rings (SSSR count). The standard InChI is InChI=1S/C10H14NO/c11-8-10(12)7-6-9-4-2-1-3-5-9/h1-5,7,10,12H,6,8,11H2. The SMILES string of the molecule is NCC(O)[CH]Cc1ccccc1. The predicted molar refractivity (Wildman–Crippen MR) is 49.5 cm³/mol. The van der Waals surface area contributed by atoms with Gasteiger partial charge in [0.05, 0.1) is 6.10 Å². The van der Waals surface area contributed by atoms with Crippen molar-refractivity contribution in [3.05, 3.63) is 42.3 Å². The Morgan fingerprint density at radius 1 is 1.33 bits per heavy atom. The molecule has 0 aliphatic carbocycles. The summed E-state index contributed by atoms with van der Waals surface area (Å²) in [6.07, 6.45) is 2.11. The smallest absolute Gasteiger partial charge is 0.0697 e. The first-order valence-electron chi connectivity index (χ1n) is 4.08. The van der Waals surface area contributed by atoms with Gasteiger partial charge in [0.1, 0.15) is 0 Å². The quantitative estimate of drug-likeness (QED) is 0.690. The van der Waals surface area contributed by atoms with Crippen LogP contribution in [0.3, 0.4) is 0 Å². The fraction of sp³-hybridized carbons (Fsp3) is 0.300.